The van der Waals surface area contributed by atoms with E-state index in [4.69, 9.17) is 0 Å². The number of nitrogens with one attached hydrogen (secondary N) is 2. The Morgan fingerprint density at radius 2 is 1.78 bits per heavy atom. The zero-order valence-electron chi connectivity index (χ0n) is 17.0. The zero-order valence-corrected chi connectivity index (χ0v) is 17.0. The number of benzene rings is 1. The van der Waals surface area contributed by atoms with Gasteiger partial charge in [-0.15, -0.1) is 0 Å². The number of hydrogen-bond acceptors (Lipinski definition) is 3. The van der Waals surface area contributed by atoms with Gasteiger partial charge in [0.2, 0.25) is 5.91 Å². The van der Waals surface area contributed by atoms with Crippen molar-refractivity contribution in [1.29, 1.82) is 0 Å². The van der Waals surface area contributed by atoms with Crippen LogP contribution in [-0.2, 0) is 17.9 Å². The minimum atomic E-state index is 0.198. The fraction of sp³-hybridized carbons (Fsp3) is 0.696. The Hall–Kier alpha value is -1.39. The van der Waals surface area contributed by atoms with E-state index in [1.54, 1.807) is 0 Å². The molecule has 1 aliphatic carbocycles. The van der Waals surface area contributed by atoms with Crippen molar-refractivity contribution in [3.8, 4) is 0 Å². The lowest BCUT2D eigenvalue weighted by atomic mass is 9.93. The van der Waals surface area contributed by atoms with Crippen LogP contribution in [0.2, 0.25) is 0 Å². The van der Waals surface area contributed by atoms with E-state index in [-0.39, 0.29) is 5.91 Å². The molecule has 4 heteroatoms. The molecule has 1 aromatic carbocycles. The molecule has 2 aliphatic rings. The van der Waals surface area contributed by atoms with Crippen LogP contribution < -0.4 is 10.6 Å². The molecular formula is C23H37N3O. The molecule has 1 aliphatic heterocycles. The molecule has 1 amide bonds. The largest absolute Gasteiger partial charge is 0.352 e. The average molecular weight is 372 g/mol. The SMILES string of the molecule is CN(Cc1ccccc1CNC(=O)CCC1CCNCC1)C1CCCCC1. The minimum absolute atomic E-state index is 0.198. The topological polar surface area (TPSA) is 44.4 Å². The van der Waals surface area contributed by atoms with E-state index < -0.39 is 0 Å². The lowest BCUT2D eigenvalue weighted by Gasteiger charge is -2.31. The minimum Gasteiger partial charge on any atom is -0.352 e. The third kappa shape index (κ3) is 6.62. The Kier molecular flexibility index (Phi) is 8.15. The van der Waals surface area contributed by atoms with Gasteiger partial charge in [-0.3, -0.25) is 9.69 Å². The van der Waals surface area contributed by atoms with Gasteiger partial charge in [0.15, 0.2) is 0 Å². The smallest absolute Gasteiger partial charge is 0.220 e. The Morgan fingerprint density at radius 3 is 2.52 bits per heavy atom. The Balaban J connectivity index is 1.45. The summed E-state index contributed by atoms with van der Waals surface area (Å²) in [4.78, 5) is 14.8. The molecule has 0 spiro atoms. The normalized spacial score (nSPS) is 19.3. The highest BCUT2D eigenvalue weighted by Crippen LogP contribution is 2.23. The second-order valence-electron chi connectivity index (χ2n) is 8.48. The molecule has 0 bridgehead atoms. The maximum atomic E-state index is 12.3. The van der Waals surface area contributed by atoms with Crippen LogP contribution in [0.25, 0.3) is 0 Å². The summed E-state index contributed by atoms with van der Waals surface area (Å²) in [5.74, 6) is 0.914. The quantitative estimate of drug-likeness (QED) is 0.730. The number of hydrogen-bond donors (Lipinski definition) is 2. The molecule has 0 aromatic heterocycles. The first-order chi connectivity index (χ1) is 13.2. The summed E-state index contributed by atoms with van der Waals surface area (Å²) >= 11 is 0. The highest BCUT2D eigenvalue weighted by atomic mass is 16.1. The molecule has 1 aromatic rings. The third-order valence-corrected chi connectivity index (χ3v) is 6.45. The van der Waals surface area contributed by atoms with Gasteiger partial charge in [-0.25, -0.2) is 0 Å². The first-order valence-electron chi connectivity index (χ1n) is 11.0. The van der Waals surface area contributed by atoms with Crippen LogP contribution in [0.5, 0.6) is 0 Å². The number of nitrogens with zero attached hydrogens (tertiary/aromatic N) is 1. The Morgan fingerprint density at radius 1 is 1.07 bits per heavy atom. The summed E-state index contributed by atoms with van der Waals surface area (Å²) in [6.45, 7) is 3.84. The second kappa shape index (κ2) is 10.8. The van der Waals surface area contributed by atoms with Crippen molar-refractivity contribution in [2.45, 2.75) is 76.9 Å². The Bertz CT molecular complexity index is 577. The first kappa shape index (κ1) is 20.3. The summed E-state index contributed by atoms with van der Waals surface area (Å²) < 4.78 is 0. The number of rotatable bonds is 8. The molecule has 0 atom stereocenters. The fourth-order valence-electron chi connectivity index (χ4n) is 4.59. The molecule has 1 heterocycles. The first-order valence-corrected chi connectivity index (χ1v) is 11.0. The molecule has 1 saturated heterocycles. The zero-order chi connectivity index (χ0) is 18.9. The van der Waals surface area contributed by atoms with Crippen molar-refractivity contribution in [2.24, 2.45) is 5.92 Å². The molecule has 2 N–H and O–H groups in total. The molecule has 27 heavy (non-hydrogen) atoms. The standard InChI is InChI=1S/C23H37N3O/c1-26(22-9-3-2-4-10-22)18-21-8-6-5-7-20(21)17-25-23(27)12-11-19-13-15-24-16-14-19/h5-8,19,22,24H,2-4,9-18H2,1H3,(H,25,27). The summed E-state index contributed by atoms with van der Waals surface area (Å²) in [6, 6.07) is 9.30. The highest BCUT2D eigenvalue weighted by Gasteiger charge is 2.19. The second-order valence-corrected chi connectivity index (χ2v) is 8.48. The van der Waals surface area contributed by atoms with Gasteiger partial charge in [-0.2, -0.15) is 0 Å². The van der Waals surface area contributed by atoms with E-state index in [0.29, 0.717) is 24.9 Å². The van der Waals surface area contributed by atoms with Crippen molar-refractivity contribution in [1.82, 2.24) is 15.5 Å². The van der Waals surface area contributed by atoms with Gasteiger partial charge >= 0.3 is 0 Å². The van der Waals surface area contributed by atoms with Crippen LogP contribution in [0.4, 0.5) is 0 Å². The van der Waals surface area contributed by atoms with E-state index in [2.05, 4.69) is 46.8 Å². The molecule has 150 valence electrons. The van der Waals surface area contributed by atoms with Crippen molar-refractivity contribution in [2.75, 3.05) is 20.1 Å². The van der Waals surface area contributed by atoms with E-state index in [1.807, 2.05) is 0 Å². The predicted octanol–water partition coefficient (Wildman–Crippen LogP) is 3.85. The molecular weight excluding hydrogens is 334 g/mol. The monoisotopic (exact) mass is 371 g/mol. The number of carbonyl (C=O) groups is 1. The van der Waals surface area contributed by atoms with Gasteiger partial charge in [-0.1, -0.05) is 43.5 Å². The molecule has 3 rings (SSSR count). The third-order valence-electron chi connectivity index (χ3n) is 6.45. The number of piperidine rings is 1. The molecule has 0 unspecified atom stereocenters. The van der Waals surface area contributed by atoms with E-state index in [1.165, 1.54) is 56.1 Å². The lowest BCUT2D eigenvalue weighted by Crippen LogP contribution is -2.33. The fourth-order valence-corrected chi connectivity index (χ4v) is 4.59. The molecule has 4 nitrogen and oxygen atoms in total. The van der Waals surface area contributed by atoms with Crippen molar-refractivity contribution in [3.63, 3.8) is 0 Å². The van der Waals surface area contributed by atoms with Gasteiger partial charge in [0, 0.05) is 25.6 Å². The number of amides is 1. The van der Waals surface area contributed by atoms with E-state index >= 15 is 0 Å². The average Bonchev–Trinajstić information content (AvgIpc) is 2.73. The number of carbonyl (C=O) groups excluding carboxylic acids is 1. The van der Waals surface area contributed by atoms with E-state index in [9.17, 15) is 4.79 Å². The van der Waals surface area contributed by atoms with Gasteiger partial charge in [0.25, 0.3) is 0 Å². The van der Waals surface area contributed by atoms with Crippen LogP contribution in [0.15, 0.2) is 24.3 Å². The van der Waals surface area contributed by atoms with Crippen LogP contribution in [0.3, 0.4) is 0 Å². The molecule has 2 fully saturated rings. The van der Waals surface area contributed by atoms with Crippen LogP contribution in [-0.4, -0.2) is 37.0 Å². The molecule has 0 radical (unpaired) electrons. The lowest BCUT2D eigenvalue weighted by molar-refractivity contribution is -0.121. The Labute approximate surface area is 165 Å². The maximum Gasteiger partial charge on any atom is 0.220 e. The highest BCUT2D eigenvalue weighted by molar-refractivity contribution is 5.75. The van der Waals surface area contributed by atoms with Crippen LogP contribution in [0.1, 0.15) is 68.9 Å². The van der Waals surface area contributed by atoms with Crippen molar-refractivity contribution in [3.05, 3.63) is 35.4 Å². The van der Waals surface area contributed by atoms with Gasteiger partial charge in [0.1, 0.15) is 0 Å². The summed E-state index contributed by atoms with van der Waals surface area (Å²) in [6.07, 6.45) is 10.9. The van der Waals surface area contributed by atoms with Crippen molar-refractivity contribution >= 4 is 5.91 Å². The predicted molar refractivity (Wildman–Crippen MR) is 111 cm³/mol. The summed E-state index contributed by atoms with van der Waals surface area (Å²) in [5, 5.41) is 6.55. The summed E-state index contributed by atoms with van der Waals surface area (Å²) in [5.41, 5.74) is 2.61. The van der Waals surface area contributed by atoms with Gasteiger partial charge < -0.3 is 10.6 Å². The van der Waals surface area contributed by atoms with Crippen molar-refractivity contribution < 1.29 is 4.79 Å². The maximum absolute atomic E-state index is 12.3. The van der Waals surface area contributed by atoms with Crippen LogP contribution in [0, 0.1) is 5.92 Å². The van der Waals surface area contributed by atoms with Crippen LogP contribution >= 0.6 is 0 Å². The van der Waals surface area contributed by atoms with Gasteiger partial charge in [0.05, 0.1) is 0 Å². The molecule has 1 saturated carbocycles. The van der Waals surface area contributed by atoms with Gasteiger partial charge in [-0.05, 0) is 69.3 Å². The van der Waals surface area contributed by atoms with E-state index in [0.717, 1.165) is 26.1 Å². The summed E-state index contributed by atoms with van der Waals surface area (Å²) in [7, 11) is 2.25.